The first-order valence-corrected chi connectivity index (χ1v) is 7.59. The molecule has 1 aromatic rings. The Hall–Kier alpha value is -1.13. The van der Waals surface area contributed by atoms with Gasteiger partial charge in [-0.2, -0.15) is 0 Å². The molecule has 0 spiro atoms. The van der Waals surface area contributed by atoms with E-state index in [1.807, 2.05) is 20.2 Å². The van der Waals surface area contributed by atoms with Crippen molar-refractivity contribution < 1.29 is 9.47 Å². The van der Waals surface area contributed by atoms with Crippen LogP contribution >= 0.6 is 0 Å². The van der Waals surface area contributed by atoms with Crippen LogP contribution in [0, 0.1) is 0 Å². The molecule has 1 aliphatic carbocycles. The number of hydrogen-bond acceptors (Lipinski definition) is 4. The maximum atomic E-state index is 5.76. The molecular formula is C16H26N2O2. The Bertz CT molecular complexity index is 413. The van der Waals surface area contributed by atoms with Crippen molar-refractivity contribution in [1.29, 1.82) is 0 Å². The van der Waals surface area contributed by atoms with E-state index in [9.17, 15) is 0 Å². The Kier molecular flexibility index (Phi) is 5.38. The molecule has 1 heterocycles. The lowest BCUT2D eigenvalue weighted by Gasteiger charge is -2.43. The van der Waals surface area contributed by atoms with Crippen LogP contribution in [-0.2, 0) is 4.74 Å². The zero-order chi connectivity index (χ0) is 14.4. The first-order valence-electron chi connectivity index (χ1n) is 7.59. The molecule has 1 fully saturated rings. The van der Waals surface area contributed by atoms with E-state index in [-0.39, 0.29) is 11.6 Å². The summed E-state index contributed by atoms with van der Waals surface area (Å²) in [6.07, 6.45) is 8.27. The monoisotopic (exact) mass is 278 g/mol. The predicted molar refractivity (Wildman–Crippen MR) is 80.0 cm³/mol. The van der Waals surface area contributed by atoms with Crippen LogP contribution in [0.1, 0.15) is 51.1 Å². The fraction of sp³-hybridized carbons (Fsp3) is 0.688. The normalized spacial score (nSPS) is 18.4. The fourth-order valence-corrected chi connectivity index (χ4v) is 2.86. The van der Waals surface area contributed by atoms with Crippen molar-refractivity contribution >= 4 is 0 Å². The zero-order valence-corrected chi connectivity index (χ0v) is 12.8. The van der Waals surface area contributed by atoms with Gasteiger partial charge in [-0.15, -0.1) is 0 Å². The van der Waals surface area contributed by atoms with Gasteiger partial charge in [0.25, 0.3) is 0 Å². The molecule has 1 saturated carbocycles. The summed E-state index contributed by atoms with van der Waals surface area (Å²) in [6.45, 7) is 5.72. The molecule has 1 N–H and O–H groups in total. The van der Waals surface area contributed by atoms with Crippen molar-refractivity contribution in [3.05, 3.63) is 24.0 Å². The second kappa shape index (κ2) is 7.04. The molecule has 1 unspecified atom stereocenters. The van der Waals surface area contributed by atoms with E-state index in [2.05, 4.69) is 23.3 Å². The number of pyridine rings is 1. The summed E-state index contributed by atoms with van der Waals surface area (Å²) < 4.78 is 11.3. The standard InChI is InChI=1S/C16H26N2O2/c1-4-18-15(10-16(19-3)7-6-8-16)13-9-14(20-5-2)12-17-11-13/h9,11-12,15,18H,4-8,10H2,1-3H3. The third kappa shape index (κ3) is 3.49. The molecule has 0 bridgehead atoms. The van der Waals surface area contributed by atoms with E-state index in [1.165, 1.54) is 12.0 Å². The minimum absolute atomic E-state index is 0.0501. The summed E-state index contributed by atoms with van der Waals surface area (Å²) in [5.74, 6) is 0.841. The summed E-state index contributed by atoms with van der Waals surface area (Å²) in [5.41, 5.74) is 1.23. The SMILES string of the molecule is CCNC(CC1(OC)CCC1)c1cncc(OCC)c1. The lowest BCUT2D eigenvalue weighted by molar-refractivity contribution is -0.0837. The van der Waals surface area contributed by atoms with Crippen LogP contribution < -0.4 is 10.1 Å². The van der Waals surface area contributed by atoms with E-state index in [0.29, 0.717) is 6.61 Å². The van der Waals surface area contributed by atoms with Crippen molar-refractivity contribution in [1.82, 2.24) is 10.3 Å². The van der Waals surface area contributed by atoms with Crippen molar-refractivity contribution in [2.45, 2.75) is 51.2 Å². The Balaban J connectivity index is 2.12. The molecule has 4 heteroatoms. The maximum absolute atomic E-state index is 5.76. The molecule has 1 aromatic heterocycles. The van der Waals surface area contributed by atoms with Crippen LogP contribution in [0.25, 0.3) is 0 Å². The van der Waals surface area contributed by atoms with Crippen LogP contribution in [0.3, 0.4) is 0 Å². The number of nitrogens with one attached hydrogen (secondary N) is 1. The highest BCUT2D eigenvalue weighted by molar-refractivity contribution is 5.26. The molecule has 112 valence electrons. The van der Waals surface area contributed by atoms with E-state index >= 15 is 0 Å². The minimum atomic E-state index is 0.0501. The minimum Gasteiger partial charge on any atom is -0.492 e. The van der Waals surface area contributed by atoms with Gasteiger partial charge in [0.05, 0.1) is 18.4 Å². The quantitative estimate of drug-likeness (QED) is 0.793. The summed E-state index contributed by atoms with van der Waals surface area (Å²) in [4.78, 5) is 4.30. The first kappa shape index (κ1) is 15.3. The van der Waals surface area contributed by atoms with Crippen molar-refractivity contribution in [3.8, 4) is 5.75 Å². The molecule has 20 heavy (non-hydrogen) atoms. The molecule has 1 atom stereocenters. The fourth-order valence-electron chi connectivity index (χ4n) is 2.86. The molecule has 0 aromatic carbocycles. The maximum Gasteiger partial charge on any atom is 0.137 e. The summed E-state index contributed by atoms with van der Waals surface area (Å²) in [6, 6.07) is 2.36. The lowest BCUT2D eigenvalue weighted by Crippen LogP contribution is -2.42. The number of ether oxygens (including phenoxy) is 2. The molecular weight excluding hydrogens is 252 g/mol. The highest BCUT2D eigenvalue weighted by atomic mass is 16.5. The van der Waals surface area contributed by atoms with Crippen LogP contribution in [0.5, 0.6) is 5.75 Å². The summed E-state index contributed by atoms with van der Waals surface area (Å²) in [5, 5.41) is 3.55. The number of rotatable bonds is 8. The van der Waals surface area contributed by atoms with Gasteiger partial charge in [0.2, 0.25) is 0 Å². The van der Waals surface area contributed by atoms with E-state index in [4.69, 9.17) is 9.47 Å². The first-order chi connectivity index (χ1) is 9.73. The van der Waals surface area contributed by atoms with Crippen LogP contribution in [0.2, 0.25) is 0 Å². The van der Waals surface area contributed by atoms with Gasteiger partial charge in [-0.05, 0) is 50.8 Å². The predicted octanol–water partition coefficient (Wildman–Crippen LogP) is 3.09. The van der Waals surface area contributed by atoms with Gasteiger partial charge in [0.1, 0.15) is 5.75 Å². The molecule has 1 aliphatic rings. The van der Waals surface area contributed by atoms with Gasteiger partial charge < -0.3 is 14.8 Å². The highest BCUT2D eigenvalue weighted by Gasteiger charge is 2.39. The Labute approximate surface area is 121 Å². The largest absolute Gasteiger partial charge is 0.492 e. The van der Waals surface area contributed by atoms with Gasteiger partial charge >= 0.3 is 0 Å². The van der Waals surface area contributed by atoms with E-state index in [1.54, 1.807) is 6.20 Å². The van der Waals surface area contributed by atoms with Gasteiger partial charge in [-0.3, -0.25) is 4.98 Å². The number of aromatic nitrogens is 1. The molecule has 2 rings (SSSR count). The van der Waals surface area contributed by atoms with Crippen molar-refractivity contribution in [3.63, 3.8) is 0 Å². The average Bonchev–Trinajstić information content (AvgIpc) is 2.42. The van der Waals surface area contributed by atoms with E-state index < -0.39 is 0 Å². The second-order valence-electron chi connectivity index (χ2n) is 5.44. The molecule has 4 nitrogen and oxygen atoms in total. The Morgan fingerprint density at radius 1 is 1.35 bits per heavy atom. The topological polar surface area (TPSA) is 43.4 Å². The summed E-state index contributed by atoms with van der Waals surface area (Å²) >= 11 is 0. The van der Waals surface area contributed by atoms with Gasteiger partial charge in [-0.1, -0.05) is 6.92 Å². The summed E-state index contributed by atoms with van der Waals surface area (Å²) in [7, 11) is 1.83. The molecule has 0 radical (unpaired) electrons. The van der Waals surface area contributed by atoms with Gasteiger partial charge in [0, 0.05) is 19.3 Å². The lowest BCUT2D eigenvalue weighted by atomic mass is 9.75. The van der Waals surface area contributed by atoms with Crippen LogP contribution in [0.4, 0.5) is 0 Å². The average molecular weight is 278 g/mol. The van der Waals surface area contributed by atoms with Crippen LogP contribution in [-0.4, -0.2) is 30.8 Å². The molecule has 0 amide bonds. The van der Waals surface area contributed by atoms with E-state index in [0.717, 1.165) is 31.6 Å². The third-order valence-electron chi connectivity index (χ3n) is 4.17. The highest BCUT2D eigenvalue weighted by Crippen LogP contribution is 2.42. The third-order valence-corrected chi connectivity index (χ3v) is 4.17. The molecule has 0 saturated heterocycles. The van der Waals surface area contributed by atoms with Crippen LogP contribution in [0.15, 0.2) is 18.5 Å². The number of hydrogen-bond donors (Lipinski definition) is 1. The Morgan fingerprint density at radius 2 is 2.15 bits per heavy atom. The zero-order valence-electron chi connectivity index (χ0n) is 12.8. The number of nitrogens with zero attached hydrogens (tertiary/aromatic N) is 1. The Morgan fingerprint density at radius 3 is 2.70 bits per heavy atom. The molecule has 0 aliphatic heterocycles. The smallest absolute Gasteiger partial charge is 0.137 e. The van der Waals surface area contributed by atoms with Crippen molar-refractivity contribution in [2.24, 2.45) is 0 Å². The van der Waals surface area contributed by atoms with Gasteiger partial charge in [-0.25, -0.2) is 0 Å². The van der Waals surface area contributed by atoms with Crippen molar-refractivity contribution in [2.75, 3.05) is 20.3 Å². The second-order valence-corrected chi connectivity index (χ2v) is 5.44. The number of methoxy groups -OCH3 is 1. The van der Waals surface area contributed by atoms with Gasteiger partial charge in [0.15, 0.2) is 0 Å².